The van der Waals surface area contributed by atoms with E-state index in [0.717, 1.165) is 33.9 Å². The molecule has 1 atom stereocenters. The van der Waals surface area contributed by atoms with Crippen LogP contribution in [0.1, 0.15) is 16.7 Å². The molecule has 0 saturated heterocycles. The van der Waals surface area contributed by atoms with Crippen LogP contribution in [-0.4, -0.2) is 25.8 Å². The number of carbonyl (C=O) groups is 1. The number of benzene rings is 2. The van der Waals surface area contributed by atoms with E-state index >= 15 is 0 Å². The van der Waals surface area contributed by atoms with E-state index < -0.39 is 0 Å². The predicted octanol–water partition coefficient (Wildman–Crippen LogP) is 3.44. The topological polar surface area (TPSA) is 59.6 Å². The number of para-hydroxylation sites is 1. The molecule has 2 aromatic carbocycles. The Morgan fingerprint density at radius 3 is 2.67 bits per heavy atom. The molecule has 0 radical (unpaired) electrons. The summed E-state index contributed by atoms with van der Waals surface area (Å²) < 4.78 is 11.0. The number of urea groups is 1. The smallest absolute Gasteiger partial charge is 0.319 e. The van der Waals surface area contributed by atoms with Crippen molar-refractivity contribution in [2.24, 2.45) is 0 Å². The van der Waals surface area contributed by atoms with Crippen LogP contribution in [0.2, 0.25) is 0 Å². The standard InChI is InChI=1S/C19H22N2O3/c1-12-5-4-6-13(2)18(12)21-19(22)20-15-9-14-10-16(23-3)7-8-17(14)24-11-15/h4-8,10,15H,9,11H2,1-3H3,(H2,20,21,22). The molecule has 2 N–H and O–H groups in total. The SMILES string of the molecule is COc1ccc2c(c1)CC(NC(=O)Nc1c(C)cccc1C)CO2. The van der Waals surface area contributed by atoms with E-state index in [1.54, 1.807) is 7.11 Å². The van der Waals surface area contributed by atoms with Gasteiger partial charge in [0.2, 0.25) is 0 Å². The third kappa shape index (κ3) is 3.45. The molecule has 3 rings (SSSR count). The highest BCUT2D eigenvalue weighted by atomic mass is 16.5. The molecule has 5 nitrogen and oxygen atoms in total. The van der Waals surface area contributed by atoms with Gasteiger partial charge in [-0.05, 0) is 55.2 Å². The van der Waals surface area contributed by atoms with Gasteiger partial charge in [0.15, 0.2) is 0 Å². The molecule has 2 amide bonds. The van der Waals surface area contributed by atoms with Crippen molar-refractivity contribution in [3.05, 3.63) is 53.1 Å². The van der Waals surface area contributed by atoms with Crippen molar-refractivity contribution in [2.75, 3.05) is 19.0 Å². The molecule has 0 bridgehead atoms. The van der Waals surface area contributed by atoms with E-state index in [0.29, 0.717) is 13.0 Å². The molecule has 126 valence electrons. The van der Waals surface area contributed by atoms with E-state index in [9.17, 15) is 4.79 Å². The van der Waals surface area contributed by atoms with Crippen molar-refractivity contribution < 1.29 is 14.3 Å². The maximum Gasteiger partial charge on any atom is 0.319 e. The first-order chi connectivity index (χ1) is 11.6. The van der Waals surface area contributed by atoms with Crippen LogP contribution < -0.4 is 20.1 Å². The molecule has 2 aromatic rings. The molecule has 1 unspecified atom stereocenters. The van der Waals surface area contributed by atoms with Gasteiger partial charge < -0.3 is 20.1 Å². The first-order valence-electron chi connectivity index (χ1n) is 8.00. The lowest BCUT2D eigenvalue weighted by Gasteiger charge is -2.26. The number of carbonyl (C=O) groups excluding carboxylic acids is 1. The van der Waals surface area contributed by atoms with Gasteiger partial charge in [-0.25, -0.2) is 4.79 Å². The van der Waals surface area contributed by atoms with E-state index in [-0.39, 0.29) is 12.1 Å². The van der Waals surface area contributed by atoms with Crippen molar-refractivity contribution in [3.8, 4) is 11.5 Å². The van der Waals surface area contributed by atoms with E-state index in [1.165, 1.54) is 0 Å². The van der Waals surface area contributed by atoms with Crippen LogP contribution >= 0.6 is 0 Å². The molecule has 0 fully saturated rings. The number of hydrogen-bond acceptors (Lipinski definition) is 3. The first kappa shape index (κ1) is 16.2. The lowest BCUT2D eigenvalue weighted by molar-refractivity contribution is 0.222. The Hall–Kier alpha value is -2.69. The third-order valence-electron chi connectivity index (χ3n) is 4.23. The van der Waals surface area contributed by atoms with Gasteiger partial charge in [0.25, 0.3) is 0 Å². The van der Waals surface area contributed by atoms with Crippen molar-refractivity contribution in [1.82, 2.24) is 5.32 Å². The van der Waals surface area contributed by atoms with Crippen molar-refractivity contribution >= 4 is 11.7 Å². The molecule has 1 aliphatic heterocycles. The lowest BCUT2D eigenvalue weighted by Crippen LogP contribution is -2.44. The van der Waals surface area contributed by atoms with E-state index in [1.807, 2.05) is 50.2 Å². The summed E-state index contributed by atoms with van der Waals surface area (Å²) in [5, 5.41) is 5.93. The molecular formula is C19H22N2O3. The number of amides is 2. The Morgan fingerprint density at radius 2 is 1.96 bits per heavy atom. The average molecular weight is 326 g/mol. The molecule has 1 aliphatic rings. The minimum absolute atomic E-state index is 0.0751. The zero-order chi connectivity index (χ0) is 17.1. The minimum atomic E-state index is -0.215. The Bertz CT molecular complexity index is 738. The van der Waals surface area contributed by atoms with Crippen molar-refractivity contribution in [3.63, 3.8) is 0 Å². The Morgan fingerprint density at radius 1 is 1.21 bits per heavy atom. The number of hydrogen-bond donors (Lipinski definition) is 2. The summed E-state index contributed by atoms with van der Waals surface area (Å²) in [5.74, 6) is 1.64. The van der Waals surface area contributed by atoms with Crippen LogP contribution in [0.4, 0.5) is 10.5 Å². The average Bonchev–Trinajstić information content (AvgIpc) is 2.57. The Labute approximate surface area is 142 Å². The Kier molecular flexibility index (Phi) is 4.60. The minimum Gasteiger partial charge on any atom is -0.497 e. The number of methoxy groups -OCH3 is 1. The van der Waals surface area contributed by atoms with Gasteiger partial charge in [-0.15, -0.1) is 0 Å². The summed E-state index contributed by atoms with van der Waals surface area (Å²) in [5.41, 5.74) is 3.98. The fraction of sp³-hybridized carbons (Fsp3) is 0.316. The molecule has 0 aromatic heterocycles. The Balaban J connectivity index is 1.65. The molecule has 1 heterocycles. The second kappa shape index (κ2) is 6.83. The van der Waals surface area contributed by atoms with Crippen LogP contribution in [0, 0.1) is 13.8 Å². The number of ether oxygens (including phenoxy) is 2. The van der Waals surface area contributed by atoms with Gasteiger partial charge in [-0.3, -0.25) is 0 Å². The number of anilines is 1. The maximum atomic E-state index is 12.3. The molecular weight excluding hydrogens is 304 g/mol. The van der Waals surface area contributed by atoms with Crippen LogP contribution in [-0.2, 0) is 6.42 Å². The second-order valence-electron chi connectivity index (χ2n) is 6.05. The van der Waals surface area contributed by atoms with Crippen LogP contribution in [0.3, 0.4) is 0 Å². The number of nitrogens with one attached hydrogen (secondary N) is 2. The summed E-state index contributed by atoms with van der Waals surface area (Å²) in [7, 11) is 1.64. The highest BCUT2D eigenvalue weighted by Gasteiger charge is 2.22. The molecule has 0 aliphatic carbocycles. The molecule has 0 saturated carbocycles. The van der Waals surface area contributed by atoms with E-state index in [2.05, 4.69) is 10.6 Å². The van der Waals surface area contributed by atoms with Crippen LogP contribution in [0.15, 0.2) is 36.4 Å². The fourth-order valence-corrected chi connectivity index (χ4v) is 2.94. The molecule has 5 heteroatoms. The monoisotopic (exact) mass is 326 g/mol. The van der Waals surface area contributed by atoms with Gasteiger partial charge >= 0.3 is 6.03 Å². The summed E-state index contributed by atoms with van der Waals surface area (Å²) in [4.78, 5) is 12.3. The number of aryl methyl sites for hydroxylation is 2. The van der Waals surface area contributed by atoms with Gasteiger partial charge in [0.05, 0.1) is 13.2 Å². The normalized spacial score (nSPS) is 15.9. The van der Waals surface area contributed by atoms with Gasteiger partial charge in [-0.1, -0.05) is 18.2 Å². The summed E-state index contributed by atoms with van der Waals surface area (Å²) in [6.45, 7) is 4.42. The van der Waals surface area contributed by atoms with Crippen LogP contribution in [0.25, 0.3) is 0 Å². The van der Waals surface area contributed by atoms with Gasteiger partial charge in [-0.2, -0.15) is 0 Å². The third-order valence-corrected chi connectivity index (χ3v) is 4.23. The summed E-state index contributed by atoms with van der Waals surface area (Å²) >= 11 is 0. The molecule has 0 spiro atoms. The second-order valence-corrected chi connectivity index (χ2v) is 6.05. The quantitative estimate of drug-likeness (QED) is 0.908. The zero-order valence-electron chi connectivity index (χ0n) is 14.2. The van der Waals surface area contributed by atoms with Gasteiger partial charge in [0, 0.05) is 5.69 Å². The van der Waals surface area contributed by atoms with Crippen LogP contribution in [0.5, 0.6) is 11.5 Å². The first-order valence-corrected chi connectivity index (χ1v) is 8.00. The maximum absolute atomic E-state index is 12.3. The highest BCUT2D eigenvalue weighted by molar-refractivity contribution is 5.91. The van der Waals surface area contributed by atoms with Crippen molar-refractivity contribution in [1.29, 1.82) is 0 Å². The van der Waals surface area contributed by atoms with Crippen molar-refractivity contribution in [2.45, 2.75) is 26.3 Å². The zero-order valence-corrected chi connectivity index (χ0v) is 14.2. The highest BCUT2D eigenvalue weighted by Crippen LogP contribution is 2.28. The summed E-state index contributed by atoms with van der Waals surface area (Å²) in [6.07, 6.45) is 0.715. The number of rotatable bonds is 3. The predicted molar refractivity (Wildman–Crippen MR) is 94.1 cm³/mol. The van der Waals surface area contributed by atoms with E-state index in [4.69, 9.17) is 9.47 Å². The van der Waals surface area contributed by atoms with Gasteiger partial charge in [0.1, 0.15) is 18.1 Å². The molecule has 24 heavy (non-hydrogen) atoms. The largest absolute Gasteiger partial charge is 0.497 e. The lowest BCUT2D eigenvalue weighted by atomic mass is 10.0. The fourth-order valence-electron chi connectivity index (χ4n) is 2.94. The number of fused-ring (bicyclic) bond motifs is 1. The summed E-state index contributed by atoms with van der Waals surface area (Å²) in [6, 6.07) is 11.4.